The van der Waals surface area contributed by atoms with E-state index in [1.807, 2.05) is 24.3 Å². The first-order chi connectivity index (χ1) is 5.36. The highest BCUT2D eigenvalue weighted by Crippen LogP contribution is 2.07. The number of rotatable bonds is 2. The van der Waals surface area contributed by atoms with Gasteiger partial charge in [0.25, 0.3) is 0 Å². The molecule has 0 aliphatic heterocycles. The number of hydrogen-bond donors (Lipinski definition) is 2. The van der Waals surface area contributed by atoms with E-state index in [9.17, 15) is 0 Å². The summed E-state index contributed by atoms with van der Waals surface area (Å²) < 4.78 is 0. The lowest BCUT2D eigenvalue weighted by molar-refractivity contribution is 1.25. The summed E-state index contributed by atoms with van der Waals surface area (Å²) in [6.45, 7) is 0. The van der Waals surface area contributed by atoms with Crippen LogP contribution in [-0.2, 0) is 6.42 Å². The Morgan fingerprint density at radius 1 is 1.33 bits per heavy atom. The summed E-state index contributed by atoms with van der Waals surface area (Å²) in [5.74, 6) is 5.16. The molecule has 0 amide bonds. The van der Waals surface area contributed by atoms with Crippen molar-refractivity contribution in [1.82, 2.24) is 0 Å². The summed E-state index contributed by atoms with van der Waals surface area (Å²) in [5.41, 5.74) is 4.37. The van der Waals surface area contributed by atoms with Gasteiger partial charge in [-0.3, -0.25) is 5.84 Å². The average molecular weight is 184 g/mol. The molecular weight excluding hydrogens is 174 g/mol. The number of nitrogens with one attached hydrogen (secondary N) is 1. The third-order valence-electron chi connectivity index (χ3n) is 1.40. The monoisotopic (exact) mass is 183 g/mol. The molecule has 0 aromatic heterocycles. The molecule has 0 fully saturated rings. The maximum atomic E-state index is 8.36. The van der Waals surface area contributed by atoms with E-state index >= 15 is 0 Å². The van der Waals surface area contributed by atoms with Crippen LogP contribution in [-0.4, -0.2) is 0 Å². The van der Waals surface area contributed by atoms with Crippen molar-refractivity contribution < 1.29 is 0 Å². The van der Waals surface area contributed by atoms with Crippen molar-refractivity contribution in [3.8, 4) is 6.07 Å². The molecule has 0 unspecified atom stereocenters. The van der Waals surface area contributed by atoms with E-state index in [0.29, 0.717) is 6.42 Å². The van der Waals surface area contributed by atoms with E-state index in [1.165, 1.54) is 0 Å². The summed E-state index contributed by atoms with van der Waals surface area (Å²) in [4.78, 5) is 0. The Kier molecular flexibility index (Phi) is 4.86. The molecule has 0 spiro atoms. The molecule has 3 N–H and O–H groups in total. The van der Waals surface area contributed by atoms with Gasteiger partial charge in [-0.05, 0) is 17.7 Å². The smallest absolute Gasteiger partial charge is 0.0669 e. The Bertz CT molecular complexity index is 263. The lowest BCUT2D eigenvalue weighted by Crippen LogP contribution is -2.06. The Balaban J connectivity index is 0.00000121. The third-order valence-corrected chi connectivity index (χ3v) is 1.40. The number of nitrogens with two attached hydrogens (primary N) is 1. The van der Waals surface area contributed by atoms with Crippen LogP contribution >= 0.6 is 12.4 Å². The fourth-order valence-electron chi connectivity index (χ4n) is 0.810. The van der Waals surface area contributed by atoms with Gasteiger partial charge < -0.3 is 5.43 Å². The quantitative estimate of drug-likeness (QED) is 0.539. The second kappa shape index (κ2) is 5.42. The van der Waals surface area contributed by atoms with Crippen molar-refractivity contribution in [3.05, 3.63) is 29.8 Å². The average Bonchev–Trinajstić information content (AvgIpc) is 2.07. The van der Waals surface area contributed by atoms with Gasteiger partial charge in [0.15, 0.2) is 0 Å². The van der Waals surface area contributed by atoms with E-state index in [-0.39, 0.29) is 12.4 Å². The molecule has 0 heterocycles. The van der Waals surface area contributed by atoms with E-state index in [4.69, 9.17) is 11.1 Å². The topological polar surface area (TPSA) is 61.8 Å². The normalized spacial score (nSPS) is 8.00. The molecule has 1 aromatic carbocycles. The molecule has 1 aromatic rings. The van der Waals surface area contributed by atoms with Crippen LogP contribution in [0.4, 0.5) is 5.69 Å². The van der Waals surface area contributed by atoms with Gasteiger partial charge in [-0.25, -0.2) is 0 Å². The van der Waals surface area contributed by atoms with Crippen molar-refractivity contribution >= 4 is 18.1 Å². The standard InChI is InChI=1S/C8H9N3.ClH/c9-6-5-7-1-3-8(11-10)4-2-7;/h1-4,11H,5,10H2;1H. The van der Waals surface area contributed by atoms with Crippen LogP contribution < -0.4 is 11.3 Å². The highest BCUT2D eigenvalue weighted by Gasteiger charge is 1.90. The fraction of sp³-hybridized carbons (Fsp3) is 0.125. The van der Waals surface area contributed by atoms with Gasteiger partial charge in [-0.2, -0.15) is 5.26 Å². The molecule has 3 nitrogen and oxygen atoms in total. The van der Waals surface area contributed by atoms with Crippen LogP contribution in [0, 0.1) is 11.3 Å². The Labute approximate surface area is 77.6 Å². The largest absolute Gasteiger partial charge is 0.324 e. The van der Waals surface area contributed by atoms with Crippen molar-refractivity contribution in [1.29, 1.82) is 5.26 Å². The highest BCUT2D eigenvalue weighted by molar-refractivity contribution is 5.85. The number of anilines is 1. The number of hydrazine groups is 1. The van der Waals surface area contributed by atoms with E-state index < -0.39 is 0 Å². The second-order valence-corrected chi connectivity index (χ2v) is 2.18. The minimum Gasteiger partial charge on any atom is -0.324 e. The first-order valence-electron chi connectivity index (χ1n) is 3.29. The summed E-state index contributed by atoms with van der Waals surface area (Å²) >= 11 is 0. The van der Waals surface area contributed by atoms with E-state index in [0.717, 1.165) is 11.3 Å². The van der Waals surface area contributed by atoms with Gasteiger partial charge in [0.1, 0.15) is 0 Å². The Morgan fingerprint density at radius 2 is 1.92 bits per heavy atom. The number of benzene rings is 1. The van der Waals surface area contributed by atoms with Gasteiger partial charge in [0.2, 0.25) is 0 Å². The van der Waals surface area contributed by atoms with E-state index in [1.54, 1.807) is 0 Å². The van der Waals surface area contributed by atoms with E-state index in [2.05, 4.69) is 11.5 Å². The lowest BCUT2D eigenvalue weighted by Gasteiger charge is -1.98. The molecule has 0 atom stereocenters. The van der Waals surface area contributed by atoms with Crippen molar-refractivity contribution in [2.45, 2.75) is 6.42 Å². The van der Waals surface area contributed by atoms with Crippen molar-refractivity contribution in [2.24, 2.45) is 5.84 Å². The molecule has 64 valence electrons. The molecule has 0 aliphatic carbocycles. The summed E-state index contributed by atoms with van der Waals surface area (Å²) in [7, 11) is 0. The molecule has 0 saturated heterocycles. The van der Waals surface area contributed by atoms with Crippen LogP contribution in [0.2, 0.25) is 0 Å². The van der Waals surface area contributed by atoms with Gasteiger partial charge in [-0.15, -0.1) is 12.4 Å². The first-order valence-corrected chi connectivity index (χ1v) is 3.29. The maximum Gasteiger partial charge on any atom is 0.0669 e. The first kappa shape index (κ1) is 10.8. The van der Waals surface area contributed by atoms with Crippen LogP contribution in [0.3, 0.4) is 0 Å². The predicted molar refractivity (Wildman–Crippen MR) is 50.8 cm³/mol. The van der Waals surface area contributed by atoms with Crippen LogP contribution in [0.25, 0.3) is 0 Å². The van der Waals surface area contributed by atoms with Crippen LogP contribution in [0.5, 0.6) is 0 Å². The van der Waals surface area contributed by atoms with Gasteiger partial charge in [0.05, 0.1) is 12.5 Å². The molecule has 1 rings (SSSR count). The highest BCUT2D eigenvalue weighted by atomic mass is 35.5. The van der Waals surface area contributed by atoms with Crippen LogP contribution in [0.1, 0.15) is 5.56 Å². The molecular formula is C8H10ClN3. The number of nitriles is 1. The van der Waals surface area contributed by atoms with Gasteiger partial charge in [-0.1, -0.05) is 12.1 Å². The molecule has 0 bridgehead atoms. The van der Waals surface area contributed by atoms with Gasteiger partial charge >= 0.3 is 0 Å². The molecule has 0 saturated carbocycles. The SMILES string of the molecule is Cl.N#CCc1ccc(NN)cc1. The van der Waals surface area contributed by atoms with Crippen LogP contribution in [0.15, 0.2) is 24.3 Å². The Morgan fingerprint density at radius 3 is 2.33 bits per heavy atom. The molecule has 12 heavy (non-hydrogen) atoms. The van der Waals surface area contributed by atoms with Gasteiger partial charge in [0, 0.05) is 5.69 Å². The number of halogens is 1. The summed E-state index contributed by atoms with van der Waals surface area (Å²) in [6.07, 6.45) is 0.449. The molecule has 0 aliphatic rings. The zero-order chi connectivity index (χ0) is 8.10. The summed E-state index contributed by atoms with van der Waals surface area (Å²) in [5, 5.41) is 8.36. The van der Waals surface area contributed by atoms with Crippen molar-refractivity contribution in [3.63, 3.8) is 0 Å². The molecule has 0 radical (unpaired) electrons. The molecule has 4 heteroatoms. The minimum atomic E-state index is 0. The fourth-order valence-corrected chi connectivity index (χ4v) is 0.810. The predicted octanol–water partition coefficient (Wildman–Crippen LogP) is 1.46. The zero-order valence-corrected chi connectivity index (χ0v) is 7.27. The number of hydrogen-bond acceptors (Lipinski definition) is 3. The lowest BCUT2D eigenvalue weighted by atomic mass is 10.1. The maximum absolute atomic E-state index is 8.36. The van der Waals surface area contributed by atoms with Crippen molar-refractivity contribution in [2.75, 3.05) is 5.43 Å². The number of nitrogens with zero attached hydrogens (tertiary/aromatic N) is 1. The third kappa shape index (κ3) is 2.79. The number of nitrogen functional groups attached to an aromatic ring is 1. The zero-order valence-electron chi connectivity index (χ0n) is 6.45. The minimum absolute atomic E-state index is 0. The summed E-state index contributed by atoms with van der Waals surface area (Å²) in [6, 6.07) is 9.50. The Hall–Kier alpha value is -1.24. The second-order valence-electron chi connectivity index (χ2n) is 2.18.